The van der Waals surface area contributed by atoms with Crippen molar-refractivity contribution in [1.29, 1.82) is 0 Å². The molecule has 0 aliphatic carbocycles. The predicted octanol–water partition coefficient (Wildman–Crippen LogP) is 4.29. The molecule has 1 aliphatic heterocycles. The number of imide groups is 1. The van der Waals surface area contributed by atoms with Crippen molar-refractivity contribution in [1.82, 2.24) is 9.80 Å². The minimum atomic E-state index is -0.184. The number of hydrogen-bond acceptors (Lipinski definition) is 4. The maximum atomic E-state index is 12.5. The third-order valence-electron chi connectivity index (χ3n) is 5.23. The number of benzene rings is 2. The van der Waals surface area contributed by atoms with Crippen LogP contribution in [0, 0.1) is 0 Å². The van der Waals surface area contributed by atoms with Crippen molar-refractivity contribution >= 4 is 23.4 Å². The van der Waals surface area contributed by atoms with E-state index in [1.165, 1.54) is 4.90 Å². The predicted molar refractivity (Wildman–Crippen MR) is 115 cm³/mol. The first kappa shape index (κ1) is 21.3. The summed E-state index contributed by atoms with van der Waals surface area (Å²) >= 11 is 6.41. The van der Waals surface area contributed by atoms with Crippen LogP contribution >= 0.6 is 11.6 Å². The highest BCUT2D eigenvalue weighted by Crippen LogP contribution is 2.28. The van der Waals surface area contributed by atoms with E-state index in [1.54, 1.807) is 31.4 Å². The lowest BCUT2D eigenvalue weighted by Gasteiger charge is -2.23. The van der Waals surface area contributed by atoms with Crippen LogP contribution in [-0.2, 0) is 6.42 Å². The number of fused-ring (bicyclic) bond motifs is 1. The van der Waals surface area contributed by atoms with Gasteiger partial charge in [0.2, 0.25) is 0 Å². The van der Waals surface area contributed by atoms with Crippen molar-refractivity contribution in [3.63, 3.8) is 0 Å². The van der Waals surface area contributed by atoms with Crippen molar-refractivity contribution in [2.24, 2.45) is 0 Å². The second kappa shape index (κ2) is 9.90. The average molecular weight is 415 g/mol. The Labute approximate surface area is 177 Å². The smallest absolute Gasteiger partial charge is 0.261 e. The first-order valence-corrected chi connectivity index (χ1v) is 10.4. The highest BCUT2D eigenvalue weighted by atomic mass is 35.5. The number of carbonyl (C=O) groups excluding carboxylic acids is 2. The molecule has 0 bridgehead atoms. The minimum Gasteiger partial charge on any atom is -0.495 e. The molecule has 1 heterocycles. The van der Waals surface area contributed by atoms with Gasteiger partial charge in [-0.3, -0.25) is 14.5 Å². The summed E-state index contributed by atoms with van der Waals surface area (Å²) in [6, 6.07) is 12.9. The molecule has 0 aromatic heterocycles. The molecule has 2 amide bonds. The molecule has 0 radical (unpaired) electrons. The van der Waals surface area contributed by atoms with Gasteiger partial charge >= 0.3 is 0 Å². The van der Waals surface area contributed by atoms with Crippen molar-refractivity contribution in [2.75, 3.05) is 33.3 Å². The van der Waals surface area contributed by atoms with Gasteiger partial charge in [-0.1, -0.05) is 42.8 Å². The lowest BCUT2D eigenvalue weighted by Crippen LogP contribution is -2.34. The topological polar surface area (TPSA) is 49.9 Å². The van der Waals surface area contributed by atoms with Gasteiger partial charge in [0, 0.05) is 13.1 Å². The Morgan fingerprint density at radius 3 is 2.28 bits per heavy atom. The van der Waals surface area contributed by atoms with Gasteiger partial charge in [-0.2, -0.15) is 0 Å². The fourth-order valence-corrected chi connectivity index (χ4v) is 4.03. The van der Waals surface area contributed by atoms with E-state index in [0.717, 1.165) is 44.5 Å². The van der Waals surface area contributed by atoms with Gasteiger partial charge < -0.3 is 9.64 Å². The van der Waals surface area contributed by atoms with Gasteiger partial charge in [0.1, 0.15) is 5.75 Å². The third-order valence-corrected chi connectivity index (χ3v) is 5.66. The van der Waals surface area contributed by atoms with Crippen molar-refractivity contribution in [2.45, 2.75) is 26.2 Å². The maximum Gasteiger partial charge on any atom is 0.261 e. The lowest BCUT2D eigenvalue weighted by atomic mass is 10.1. The van der Waals surface area contributed by atoms with E-state index in [0.29, 0.717) is 28.4 Å². The Balaban J connectivity index is 1.54. The molecule has 0 N–H and O–H groups in total. The van der Waals surface area contributed by atoms with E-state index in [4.69, 9.17) is 16.3 Å². The maximum absolute atomic E-state index is 12.5. The summed E-state index contributed by atoms with van der Waals surface area (Å²) in [5, 5.41) is 0.664. The fourth-order valence-electron chi connectivity index (χ4n) is 3.73. The molecule has 6 heteroatoms. The Morgan fingerprint density at radius 2 is 1.66 bits per heavy atom. The molecule has 29 heavy (non-hydrogen) atoms. The summed E-state index contributed by atoms with van der Waals surface area (Å²) in [4.78, 5) is 28.7. The summed E-state index contributed by atoms with van der Waals surface area (Å²) < 4.78 is 5.29. The van der Waals surface area contributed by atoms with E-state index >= 15 is 0 Å². The molecule has 2 aromatic carbocycles. The van der Waals surface area contributed by atoms with Crippen molar-refractivity contribution < 1.29 is 14.3 Å². The number of nitrogens with zero attached hydrogens (tertiary/aromatic N) is 2. The number of carbonyl (C=O) groups is 2. The molecule has 3 rings (SSSR count). The number of methoxy groups -OCH3 is 1. The molecule has 0 spiro atoms. The zero-order valence-corrected chi connectivity index (χ0v) is 17.7. The third kappa shape index (κ3) is 4.80. The monoisotopic (exact) mass is 414 g/mol. The van der Waals surface area contributed by atoms with E-state index in [9.17, 15) is 9.59 Å². The molecule has 0 saturated carbocycles. The minimum absolute atomic E-state index is 0.184. The zero-order chi connectivity index (χ0) is 20.8. The Hall–Kier alpha value is -2.37. The summed E-state index contributed by atoms with van der Waals surface area (Å²) in [5.41, 5.74) is 2.08. The van der Waals surface area contributed by atoms with Crippen LogP contribution in [0.3, 0.4) is 0 Å². The van der Waals surface area contributed by atoms with Crippen LogP contribution in [0.5, 0.6) is 5.75 Å². The Morgan fingerprint density at radius 1 is 0.966 bits per heavy atom. The summed E-state index contributed by atoms with van der Waals surface area (Å²) in [5.74, 6) is 0.323. The molecule has 1 aliphatic rings. The average Bonchev–Trinajstić information content (AvgIpc) is 2.98. The second-order valence-corrected chi connectivity index (χ2v) is 7.56. The summed E-state index contributed by atoms with van der Waals surface area (Å²) in [6.07, 6.45) is 2.61. The molecule has 0 fully saturated rings. The van der Waals surface area contributed by atoms with Gasteiger partial charge in [0.05, 0.1) is 23.3 Å². The van der Waals surface area contributed by atoms with Crippen LogP contribution in [0.15, 0.2) is 42.5 Å². The largest absolute Gasteiger partial charge is 0.495 e. The second-order valence-electron chi connectivity index (χ2n) is 7.19. The van der Waals surface area contributed by atoms with Gasteiger partial charge in [-0.15, -0.1) is 0 Å². The molecule has 154 valence electrons. The SMILES string of the molecule is CCCN(CCCN1C(=O)c2ccccc2C1=O)CCc1cccc(OC)c1Cl. The van der Waals surface area contributed by atoms with Crippen LogP contribution in [0.25, 0.3) is 0 Å². The zero-order valence-electron chi connectivity index (χ0n) is 17.0. The summed E-state index contributed by atoms with van der Waals surface area (Å²) in [7, 11) is 1.62. The molecule has 0 unspecified atom stereocenters. The first-order chi connectivity index (χ1) is 14.1. The van der Waals surface area contributed by atoms with E-state index in [2.05, 4.69) is 11.8 Å². The molecule has 0 saturated heterocycles. The van der Waals surface area contributed by atoms with Crippen LogP contribution in [-0.4, -0.2) is 54.9 Å². The number of rotatable bonds is 10. The van der Waals surface area contributed by atoms with Crippen molar-refractivity contribution in [3.8, 4) is 5.75 Å². The van der Waals surface area contributed by atoms with E-state index < -0.39 is 0 Å². The lowest BCUT2D eigenvalue weighted by molar-refractivity contribution is 0.0647. The number of ether oxygens (including phenoxy) is 1. The molecular weight excluding hydrogens is 388 g/mol. The van der Waals surface area contributed by atoms with Gasteiger partial charge in [-0.25, -0.2) is 0 Å². The quantitative estimate of drug-likeness (QED) is 0.544. The Bertz CT molecular complexity index is 849. The first-order valence-electron chi connectivity index (χ1n) is 10.1. The Kier molecular flexibility index (Phi) is 7.29. The molecule has 2 aromatic rings. The number of amides is 2. The fraction of sp³-hybridized carbons (Fsp3) is 0.391. The van der Waals surface area contributed by atoms with Crippen molar-refractivity contribution in [3.05, 3.63) is 64.2 Å². The highest BCUT2D eigenvalue weighted by Gasteiger charge is 2.34. The highest BCUT2D eigenvalue weighted by molar-refractivity contribution is 6.32. The molecule has 5 nitrogen and oxygen atoms in total. The number of hydrogen-bond donors (Lipinski definition) is 0. The van der Waals surface area contributed by atoms with E-state index in [-0.39, 0.29) is 11.8 Å². The standard InChI is InChI=1S/C23H27ClN2O3/c1-3-13-25(16-12-17-8-6-11-20(29-2)21(17)24)14-7-15-26-22(27)18-9-4-5-10-19(18)23(26)28/h4-6,8-11H,3,7,12-16H2,1-2H3. The van der Waals surface area contributed by atoms with Crippen LogP contribution in [0.2, 0.25) is 5.02 Å². The van der Waals surface area contributed by atoms with Gasteiger partial charge in [0.25, 0.3) is 11.8 Å². The summed E-state index contributed by atoms with van der Waals surface area (Å²) in [6.45, 7) is 5.23. The van der Waals surface area contributed by atoms with Crippen LogP contribution < -0.4 is 4.74 Å². The van der Waals surface area contributed by atoms with Gasteiger partial charge in [0.15, 0.2) is 0 Å². The van der Waals surface area contributed by atoms with Crippen LogP contribution in [0.1, 0.15) is 46.0 Å². The normalized spacial score (nSPS) is 13.3. The number of halogens is 1. The van der Waals surface area contributed by atoms with Crippen LogP contribution in [0.4, 0.5) is 0 Å². The van der Waals surface area contributed by atoms with Gasteiger partial charge in [-0.05, 0) is 56.1 Å². The molecule has 0 atom stereocenters. The van der Waals surface area contributed by atoms with E-state index in [1.807, 2.05) is 18.2 Å². The molecular formula is C23H27ClN2O3.